The Morgan fingerprint density at radius 1 is 1.00 bits per heavy atom. The molecule has 0 radical (unpaired) electrons. The Morgan fingerprint density at radius 3 is 2.38 bits per heavy atom. The minimum absolute atomic E-state index is 0.00277. The Labute approximate surface area is 271 Å². The molecule has 4 bridgehead atoms. The van der Waals surface area contributed by atoms with Gasteiger partial charge in [-0.3, -0.25) is 4.31 Å². The first-order valence-corrected chi connectivity index (χ1v) is 16.1. The molecule has 5 rings (SSSR count). The van der Waals surface area contributed by atoms with Crippen LogP contribution in [0.3, 0.4) is 0 Å². The summed E-state index contributed by atoms with van der Waals surface area (Å²) in [6.45, 7) is 16.2. The first kappa shape index (κ1) is 32.5. The van der Waals surface area contributed by atoms with Crippen molar-refractivity contribution in [2.45, 2.75) is 78.5 Å². The molecule has 0 saturated heterocycles. The van der Waals surface area contributed by atoms with Crippen molar-refractivity contribution in [3.63, 3.8) is 0 Å². The van der Waals surface area contributed by atoms with Crippen molar-refractivity contribution in [2.75, 3.05) is 29.7 Å². The molecule has 10 heteroatoms. The van der Waals surface area contributed by atoms with Crippen molar-refractivity contribution in [2.24, 2.45) is 5.41 Å². The van der Waals surface area contributed by atoms with Crippen LogP contribution in [0.15, 0.2) is 65.8 Å². The van der Waals surface area contributed by atoms with E-state index < -0.39 is 0 Å². The highest BCUT2D eigenvalue weighted by molar-refractivity contribution is 8.00. The summed E-state index contributed by atoms with van der Waals surface area (Å²) >= 11 is 1.54. The van der Waals surface area contributed by atoms with Crippen LogP contribution in [0.25, 0.3) is 11.3 Å². The molecule has 0 amide bonds. The molecule has 1 atom stereocenters. The monoisotopic (exact) mass is 628 g/mol. The number of nitrogens with zero attached hydrogens (tertiary/aromatic N) is 6. The standard InChI is InChI=1S/C35H44N6O3S/c1-23(2)44-28-18-36-31(37-19-28)20-40-26-13-10-14-29(15-26)45-41(22-42-8)34-38-30(33-24(3)11-9-12-25(33)4)16-32(39-34)43-21-27(40)17-35(5,6)7/h9-16,18-19,23,27H,17,20-22H2,1-8H3. The quantitative estimate of drug-likeness (QED) is 0.181. The van der Waals surface area contributed by atoms with Crippen LogP contribution in [0, 0.1) is 19.3 Å². The highest BCUT2D eigenvalue weighted by Crippen LogP contribution is 2.36. The van der Waals surface area contributed by atoms with Gasteiger partial charge in [0.15, 0.2) is 5.75 Å². The van der Waals surface area contributed by atoms with Gasteiger partial charge in [-0.1, -0.05) is 45.0 Å². The summed E-state index contributed by atoms with van der Waals surface area (Å²) in [6, 6.07) is 16.7. The van der Waals surface area contributed by atoms with E-state index >= 15 is 0 Å². The van der Waals surface area contributed by atoms with Crippen molar-refractivity contribution in [3.05, 3.63) is 77.9 Å². The smallest absolute Gasteiger partial charge is 0.241 e. The van der Waals surface area contributed by atoms with Gasteiger partial charge in [0.1, 0.15) is 19.2 Å². The van der Waals surface area contributed by atoms with Crippen LogP contribution in [0.2, 0.25) is 0 Å². The summed E-state index contributed by atoms with van der Waals surface area (Å²) in [4.78, 5) is 22.7. The first-order valence-electron chi connectivity index (χ1n) is 15.4. The fraction of sp³-hybridized carbons (Fsp3) is 0.429. The molecule has 4 aromatic rings. The third kappa shape index (κ3) is 8.43. The van der Waals surface area contributed by atoms with E-state index in [0.717, 1.165) is 39.4 Å². The Balaban J connectivity index is 1.60. The first-order chi connectivity index (χ1) is 21.5. The summed E-state index contributed by atoms with van der Waals surface area (Å²) in [5, 5.41) is 0. The van der Waals surface area contributed by atoms with Crippen LogP contribution in [-0.4, -0.2) is 52.5 Å². The second-order valence-electron chi connectivity index (χ2n) is 12.9. The number of hydrogen-bond donors (Lipinski definition) is 0. The second kappa shape index (κ2) is 14.0. The summed E-state index contributed by atoms with van der Waals surface area (Å²) in [5.41, 5.74) is 5.28. The van der Waals surface area contributed by atoms with Crippen LogP contribution >= 0.6 is 11.9 Å². The number of methoxy groups -OCH3 is 1. The average Bonchev–Trinajstić information content (AvgIpc) is 2.97. The van der Waals surface area contributed by atoms with Gasteiger partial charge >= 0.3 is 0 Å². The molecular weight excluding hydrogens is 584 g/mol. The van der Waals surface area contributed by atoms with Gasteiger partial charge in [0.05, 0.1) is 36.8 Å². The van der Waals surface area contributed by atoms with Crippen LogP contribution in [0.4, 0.5) is 11.6 Å². The molecule has 1 aliphatic rings. The van der Waals surface area contributed by atoms with Gasteiger partial charge in [0.2, 0.25) is 11.8 Å². The third-order valence-corrected chi connectivity index (χ3v) is 8.29. The molecule has 2 aromatic heterocycles. The molecule has 1 unspecified atom stereocenters. The zero-order chi connectivity index (χ0) is 32.1. The minimum Gasteiger partial charge on any atom is -0.488 e. The van der Waals surface area contributed by atoms with Gasteiger partial charge in [0, 0.05) is 29.3 Å². The molecule has 45 heavy (non-hydrogen) atoms. The molecular formula is C35H44N6O3S. The summed E-state index contributed by atoms with van der Waals surface area (Å²) in [6.07, 6.45) is 4.43. The summed E-state index contributed by atoms with van der Waals surface area (Å²) in [5.74, 6) is 2.42. The number of fused-ring (bicyclic) bond motifs is 4. The predicted molar refractivity (Wildman–Crippen MR) is 181 cm³/mol. The molecule has 3 heterocycles. The van der Waals surface area contributed by atoms with Crippen molar-refractivity contribution in [1.29, 1.82) is 0 Å². The van der Waals surface area contributed by atoms with E-state index in [0.29, 0.717) is 43.3 Å². The molecule has 9 nitrogen and oxygen atoms in total. The van der Waals surface area contributed by atoms with Crippen molar-refractivity contribution < 1.29 is 14.2 Å². The van der Waals surface area contributed by atoms with E-state index in [-0.39, 0.29) is 17.6 Å². The lowest BCUT2D eigenvalue weighted by Crippen LogP contribution is -2.42. The number of rotatable bonds is 8. The maximum atomic E-state index is 6.62. The SMILES string of the molecule is COCN1Sc2cccc(c2)N(Cc2ncc(OC(C)C)cn2)C(CC(C)(C)C)COc2cc(-c3c(C)cccc3C)nc1n2. The van der Waals surface area contributed by atoms with E-state index in [4.69, 9.17) is 24.2 Å². The Bertz CT molecular complexity index is 1570. The molecule has 2 aromatic carbocycles. The number of anilines is 2. The van der Waals surface area contributed by atoms with E-state index in [1.807, 2.05) is 24.2 Å². The topological polar surface area (TPSA) is 85.7 Å². The predicted octanol–water partition coefficient (Wildman–Crippen LogP) is 7.66. The lowest BCUT2D eigenvalue weighted by Gasteiger charge is -2.37. The normalized spacial score (nSPS) is 15.4. The number of aromatic nitrogens is 4. The fourth-order valence-corrected chi connectivity index (χ4v) is 6.41. The minimum atomic E-state index is -0.00277. The Hall–Kier alpha value is -3.89. The largest absolute Gasteiger partial charge is 0.488 e. The van der Waals surface area contributed by atoms with Gasteiger partial charge in [-0.05, 0) is 80.8 Å². The van der Waals surface area contributed by atoms with Crippen molar-refractivity contribution >= 4 is 23.6 Å². The molecule has 0 N–H and O–H groups in total. The van der Waals surface area contributed by atoms with Crippen molar-refractivity contribution in [3.8, 4) is 22.9 Å². The number of ether oxygens (including phenoxy) is 3. The van der Waals surface area contributed by atoms with Gasteiger partial charge in [-0.2, -0.15) is 4.98 Å². The highest BCUT2D eigenvalue weighted by atomic mass is 32.2. The zero-order valence-corrected chi connectivity index (χ0v) is 28.4. The number of aryl methyl sites for hydroxylation is 2. The van der Waals surface area contributed by atoms with Crippen molar-refractivity contribution in [1.82, 2.24) is 19.9 Å². The van der Waals surface area contributed by atoms with Crippen LogP contribution in [0.5, 0.6) is 11.6 Å². The molecule has 0 spiro atoms. The zero-order valence-electron chi connectivity index (χ0n) is 27.6. The average molecular weight is 629 g/mol. The molecule has 1 aliphatic heterocycles. The molecule has 238 valence electrons. The van der Waals surface area contributed by atoms with Gasteiger partial charge < -0.3 is 19.1 Å². The molecule has 0 fully saturated rings. The number of benzene rings is 2. The second-order valence-corrected chi connectivity index (χ2v) is 14.0. The lowest BCUT2D eigenvalue weighted by atomic mass is 9.87. The maximum absolute atomic E-state index is 6.62. The highest BCUT2D eigenvalue weighted by Gasteiger charge is 2.28. The number of hydrogen-bond acceptors (Lipinski definition) is 10. The Morgan fingerprint density at radius 2 is 1.71 bits per heavy atom. The van der Waals surface area contributed by atoms with E-state index in [1.165, 1.54) is 11.9 Å². The van der Waals surface area contributed by atoms with Crippen LogP contribution in [-0.2, 0) is 11.3 Å². The third-order valence-electron chi connectivity index (χ3n) is 7.34. The van der Waals surface area contributed by atoms with E-state index in [9.17, 15) is 0 Å². The Kier molecular flexibility index (Phi) is 10.1. The van der Waals surface area contributed by atoms with E-state index in [2.05, 4.69) is 92.0 Å². The molecule has 0 aliphatic carbocycles. The van der Waals surface area contributed by atoms with Gasteiger partial charge in [-0.25, -0.2) is 15.0 Å². The van der Waals surface area contributed by atoms with Gasteiger partial charge in [0.25, 0.3) is 0 Å². The maximum Gasteiger partial charge on any atom is 0.241 e. The lowest BCUT2D eigenvalue weighted by molar-refractivity contribution is 0.209. The van der Waals surface area contributed by atoms with E-state index in [1.54, 1.807) is 19.5 Å². The molecule has 0 saturated carbocycles. The van der Waals surface area contributed by atoms with Crippen LogP contribution in [0.1, 0.15) is 58.0 Å². The summed E-state index contributed by atoms with van der Waals surface area (Å²) < 4.78 is 20.0. The fourth-order valence-electron chi connectivity index (χ4n) is 5.52. The van der Waals surface area contributed by atoms with Crippen LogP contribution < -0.4 is 18.7 Å². The summed E-state index contributed by atoms with van der Waals surface area (Å²) in [7, 11) is 1.68. The van der Waals surface area contributed by atoms with Gasteiger partial charge in [-0.15, -0.1) is 0 Å².